The number of thiazole rings is 1. The minimum absolute atomic E-state index is 0.245. The van der Waals surface area contributed by atoms with E-state index in [1.165, 1.54) is 16.2 Å². The monoisotopic (exact) mass is 341 g/mol. The average molecular weight is 341 g/mol. The Morgan fingerprint density at radius 3 is 2.68 bits per heavy atom. The summed E-state index contributed by atoms with van der Waals surface area (Å²) in [7, 11) is -3.47. The molecule has 1 amide bonds. The SMILES string of the molecule is Nc1nc2ccc(S(=O)(=O)C3CCN(C(=O)O)CC3)cc2s1. The third-order valence-electron chi connectivity index (χ3n) is 3.86. The first-order chi connectivity index (χ1) is 10.4. The van der Waals surface area contributed by atoms with Gasteiger partial charge in [-0.25, -0.2) is 18.2 Å². The molecule has 0 unspecified atom stereocenters. The smallest absolute Gasteiger partial charge is 0.407 e. The van der Waals surface area contributed by atoms with Gasteiger partial charge in [0.2, 0.25) is 0 Å². The maximum Gasteiger partial charge on any atom is 0.407 e. The Morgan fingerprint density at radius 2 is 2.05 bits per heavy atom. The molecule has 0 bridgehead atoms. The highest BCUT2D eigenvalue weighted by molar-refractivity contribution is 7.92. The third kappa shape index (κ3) is 2.61. The number of hydrogen-bond donors (Lipinski definition) is 2. The van der Waals surface area contributed by atoms with Crippen molar-refractivity contribution in [3.05, 3.63) is 18.2 Å². The molecular weight excluding hydrogens is 326 g/mol. The summed E-state index contributed by atoms with van der Waals surface area (Å²) in [5.74, 6) is 0. The van der Waals surface area contributed by atoms with Crippen LogP contribution in [0.25, 0.3) is 10.2 Å². The van der Waals surface area contributed by atoms with Crippen molar-refractivity contribution in [2.24, 2.45) is 0 Å². The second-order valence-corrected chi connectivity index (χ2v) is 8.49. The maximum absolute atomic E-state index is 12.7. The number of hydrogen-bond acceptors (Lipinski definition) is 6. The van der Waals surface area contributed by atoms with E-state index in [9.17, 15) is 13.2 Å². The number of nitrogens with zero attached hydrogens (tertiary/aromatic N) is 2. The number of carboxylic acid groups (broad SMARTS) is 1. The van der Waals surface area contributed by atoms with Crippen LogP contribution in [0.5, 0.6) is 0 Å². The van der Waals surface area contributed by atoms with Crippen LogP contribution in [0, 0.1) is 0 Å². The molecule has 2 aromatic rings. The van der Waals surface area contributed by atoms with Gasteiger partial charge in [-0.05, 0) is 31.0 Å². The van der Waals surface area contributed by atoms with Crippen LogP contribution >= 0.6 is 11.3 Å². The highest BCUT2D eigenvalue weighted by atomic mass is 32.2. The highest BCUT2D eigenvalue weighted by Crippen LogP contribution is 2.30. The number of carbonyl (C=O) groups is 1. The lowest BCUT2D eigenvalue weighted by atomic mass is 10.1. The van der Waals surface area contributed by atoms with Gasteiger partial charge in [0.1, 0.15) is 0 Å². The number of benzene rings is 1. The molecule has 1 aliphatic heterocycles. The van der Waals surface area contributed by atoms with Crippen LogP contribution in [-0.2, 0) is 9.84 Å². The van der Waals surface area contributed by atoms with Crippen LogP contribution in [0.15, 0.2) is 23.1 Å². The topological polar surface area (TPSA) is 114 Å². The minimum atomic E-state index is -3.47. The van der Waals surface area contributed by atoms with Crippen LogP contribution < -0.4 is 5.73 Å². The lowest BCUT2D eigenvalue weighted by Gasteiger charge is -2.29. The number of rotatable bonds is 2. The van der Waals surface area contributed by atoms with E-state index in [4.69, 9.17) is 10.8 Å². The summed E-state index contributed by atoms with van der Waals surface area (Å²) in [4.78, 5) is 16.5. The molecule has 1 aromatic carbocycles. The largest absolute Gasteiger partial charge is 0.465 e. The summed E-state index contributed by atoms with van der Waals surface area (Å²) in [6, 6.07) is 4.80. The predicted octanol–water partition coefficient (Wildman–Crippen LogP) is 1.79. The molecule has 7 nitrogen and oxygen atoms in total. The molecular formula is C13H15N3O4S2. The summed E-state index contributed by atoms with van der Waals surface area (Å²) in [5.41, 5.74) is 6.32. The number of amides is 1. The van der Waals surface area contributed by atoms with Crippen molar-refractivity contribution < 1.29 is 18.3 Å². The number of aromatic nitrogens is 1. The highest BCUT2D eigenvalue weighted by Gasteiger charge is 2.32. The molecule has 0 atom stereocenters. The zero-order chi connectivity index (χ0) is 15.9. The van der Waals surface area contributed by atoms with Crippen molar-refractivity contribution in [2.75, 3.05) is 18.8 Å². The molecule has 0 radical (unpaired) electrons. The predicted molar refractivity (Wildman–Crippen MR) is 83.8 cm³/mol. The van der Waals surface area contributed by atoms with Gasteiger partial charge in [0.05, 0.1) is 20.4 Å². The molecule has 0 aliphatic carbocycles. The van der Waals surface area contributed by atoms with Gasteiger partial charge in [0, 0.05) is 13.1 Å². The second kappa shape index (κ2) is 5.40. The number of fused-ring (bicyclic) bond motifs is 1. The Kier molecular flexibility index (Phi) is 3.69. The van der Waals surface area contributed by atoms with E-state index in [2.05, 4.69) is 4.98 Å². The number of sulfone groups is 1. The van der Waals surface area contributed by atoms with Gasteiger partial charge in [-0.3, -0.25) is 0 Å². The van der Waals surface area contributed by atoms with Gasteiger partial charge in [-0.2, -0.15) is 0 Å². The lowest BCUT2D eigenvalue weighted by molar-refractivity contribution is 0.136. The van der Waals surface area contributed by atoms with E-state index in [1.54, 1.807) is 18.2 Å². The molecule has 118 valence electrons. The van der Waals surface area contributed by atoms with Crippen molar-refractivity contribution in [1.29, 1.82) is 0 Å². The van der Waals surface area contributed by atoms with Crippen LogP contribution in [0.2, 0.25) is 0 Å². The molecule has 1 aromatic heterocycles. The molecule has 0 saturated carbocycles. The zero-order valence-corrected chi connectivity index (χ0v) is 13.2. The number of nitrogens with two attached hydrogens (primary N) is 1. The Balaban J connectivity index is 1.87. The summed E-state index contributed by atoms with van der Waals surface area (Å²) in [6.07, 6.45) is -0.368. The van der Waals surface area contributed by atoms with Gasteiger partial charge in [-0.15, -0.1) is 0 Å². The fourth-order valence-corrected chi connectivity index (χ4v) is 5.25. The van der Waals surface area contributed by atoms with Crippen molar-refractivity contribution in [3.8, 4) is 0 Å². The number of nitrogen functional groups attached to an aromatic ring is 1. The van der Waals surface area contributed by atoms with Crippen LogP contribution in [0.1, 0.15) is 12.8 Å². The first-order valence-corrected chi connectivity index (χ1v) is 9.12. The molecule has 22 heavy (non-hydrogen) atoms. The Bertz CT molecular complexity index is 823. The number of anilines is 1. The molecule has 1 saturated heterocycles. The molecule has 3 rings (SSSR count). The molecule has 2 heterocycles. The summed E-state index contributed by atoms with van der Waals surface area (Å²) >= 11 is 1.25. The molecule has 9 heteroatoms. The van der Waals surface area contributed by atoms with Crippen molar-refractivity contribution >= 4 is 42.6 Å². The Hall–Kier alpha value is -1.87. The Labute approximate surface area is 131 Å². The maximum atomic E-state index is 12.7. The zero-order valence-electron chi connectivity index (χ0n) is 11.6. The van der Waals surface area contributed by atoms with Gasteiger partial charge in [-0.1, -0.05) is 11.3 Å². The second-order valence-electron chi connectivity index (χ2n) is 5.20. The lowest BCUT2D eigenvalue weighted by Crippen LogP contribution is -2.41. The molecule has 1 aliphatic rings. The van der Waals surface area contributed by atoms with E-state index >= 15 is 0 Å². The summed E-state index contributed by atoms with van der Waals surface area (Å²) in [6.45, 7) is 0.490. The van der Waals surface area contributed by atoms with Gasteiger partial charge >= 0.3 is 6.09 Å². The molecule has 3 N–H and O–H groups in total. The molecule has 1 fully saturated rings. The van der Waals surface area contributed by atoms with Gasteiger partial charge in [0.25, 0.3) is 0 Å². The van der Waals surface area contributed by atoms with E-state index in [0.717, 1.165) is 4.70 Å². The van der Waals surface area contributed by atoms with Crippen molar-refractivity contribution in [3.63, 3.8) is 0 Å². The fraction of sp³-hybridized carbons (Fsp3) is 0.385. The summed E-state index contributed by atoms with van der Waals surface area (Å²) in [5, 5.41) is 8.78. The van der Waals surface area contributed by atoms with Crippen LogP contribution in [0.3, 0.4) is 0 Å². The van der Waals surface area contributed by atoms with Crippen molar-refractivity contribution in [1.82, 2.24) is 9.88 Å². The molecule has 0 spiro atoms. The number of likely N-dealkylation sites (tertiary alicyclic amines) is 1. The number of piperidine rings is 1. The van der Waals surface area contributed by atoms with E-state index in [1.807, 2.05) is 0 Å². The minimum Gasteiger partial charge on any atom is -0.465 e. The first-order valence-electron chi connectivity index (χ1n) is 6.76. The first kappa shape index (κ1) is 15.0. The van der Waals surface area contributed by atoms with E-state index in [0.29, 0.717) is 23.5 Å². The average Bonchev–Trinajstić information content (AvgIpc) is 2.86. The standard InChI is InChI=1S/C13H15N3O4S2/c14-12-15-10-2-1-9(7-11(10)21-12)22(19,20)8-3-5-16(6-4-8)13(17)18/h1-2,7-8H,3-6H2,(H2,14,15)(H,17,18). The van der Waals surface area contributed by atoms with E-state index < -0.39 is 21.2 Å². The van der Waals surface area contributed by atoms with E-state index in [-0.39, 0.29) is 18.0 Å². The normalized spacial score (nSPS) is 17.0. The fourth-order valence-electron chi connectivity index (χ4n) is 2.65. The van der Waals surface area contributed by atoms with Gasteiger partial charge in [0.15, 0.2) is 15.0 Å². The third-order valence-corrected chi connectivity index (χ3v) is 6.96. The van der Waals surface area contributed by atoms with Gasteiger partial charge < -0.3 is 15.7 Å². The van der Waals surface area contributed by atoms with Crippen LogP contribution in [0.4, 0.5) is 9.93 Å². The van der Waals surface area contributed by atoms with Crippen molar-refractivity contribution in [2.45, 2.75) is 23.0 Å². The summed E-state index contributed by atoms with van der Waals surface area (Å²) < 4.78 is 26.1. The quantitative estimate of drug-likeness (QED) is 0.861. The Morgan fingerprint density at radius 1 is 1.36 bits per heavy atom. The van der Waals surface area contributed by atoms with Crippen LogP contribution in [-0.4, -0.2) is 47.8 Å².